The Kier molecular flexibility index (Phi) is 2.71. The van der Waals surface area contributed by atoms with Crippen LogP contribution in [0.1, 0.15) is 0 Å². The van der Waals surface area contributed by atoms with Crippen LogP contribution in [0, 0.1) is 11.6 Å². The third-order valence-corrected chi connectivity index (χ3v) is 2.30. The second-order valence-electron chi connectivity index (χ2n) is 3.80. The van der Waals surface area contributed by atoms with Crippen LogP contribution >= 0.6 is 0 Å². The third-order valence-electron chi connectivity index (χ3n) is 2.30. The van der Waals surface area contributed by atoms with E-state index in [1.165, 1.54) is 17.0 Å². The van der Waals surface area contributed by atoms with Crippen LogP contribution in [0.4, 0.5) is 20.3 Å². The van der Waals surface area contributed by atoms with E-state index in [0.717, 1.165) is 6.07 Å². The van der Waals surface area contributed by atoms with Crippen molar-refractivity contribution in [2.75, 3.05) is 24.7 Å². The van der Waals surface area contributed by atoms with Crippen molar-refractivity contribution in [1.29, 1.82) is 0 Å². The standard InChI is InChI=1S/C11H11F2N3O/c1-16(2)8-4-6(3-7(12)11(8)13)9-5-10(14)15-17-9/h3-5H,1-2H3,(H2,14,15). The van der Waals surface area contributed by atoms with Gasteiger partial charge in [0.25, 0.3) is 0 Å². The molecule has 90 valence electrons. The lowest BCUT2D eigenvalue weighted by atomic mass is 10.1. The van der Waals surface area contributed by atoms with Gasteiger partial charge in [-0.3, -0.25) is 0 Å². The molecule has 0 fully saturated rings. The van der Waals surface area contributed by atoms with Gasteiger partial charge in [-0.2, -0.15) is 0 Å². The Morgan fingerprint density at radius 3 is 2.47 bits per heavy atom. The zero-order chi connectivity index (χ0) is 12.6. The maximum absolute atomic E-state index is 13.5. The first-order valence-electron chi connectivity index (χ1n) is 4.88. The van der Waals surface area contributed by atoms with Crippen molar-refractivity contribution in [3.05, 3.63) is 29.8 Å². The van der Waals surface area contributed by atoms with Crippen molar-refractivity contribution in [3.8, 4) is 11.3 Å². The Bertz CT molecular complexity index is 552. The van der Waals surface area contributed by atoms with Gasteiger partial charge < -0.3 is 15.2 Å². The van der Waals surface area contributed by atoms with Gasteiger partial charge in [0.05, 0.1) is 5.69 Å². The number of hydrogen-bond acceptors (Lipinski definition) is 4. The maximum atomic E-state index is 13.5. The molecular formula is C11H11F2N3O. The van der Waals surface area contributed by atoms with Gasteiger partial charge in [-0.1, -0.05) is 5.16 Å². The molecule has 0 atom stereocenters. The highest BCUT2D eigenvalue weighted by atomic mass is 19.2. The molecule has 17 heavy (non-hydrogen) atoms. The van der Waals surface area contributed by atoms with Gasteiger partial charge in [-0.05, 0) is 12.1 Å². The van der Waals surface area contributed by atoms with Gasteiger partial charge >= 0.3 is 0 Å². The molecule has 4 nitrogen and oxygen atoms in total. The third kappa shape index (κ3) is 2.06. The largest absolute Gasteiger partial charge is 0.381 e. The van der Waals surface area contributed by atoms with Crippen LogP contribution in [0.25, 0.3) is 11.3 Å². The van der Waals surface area contributed by atoms with E-state index in [1.54, 1.807) is 14.1 Å². The molecule has 1 aromatic heterocycles. The van der Waals surface area contributed by atoms with E-state index in [0.29, 0.717) is 11.3 Å². The Morgan fingerprint density at radius 2 is 1.94 bits per heavy atom. The molecule has 2 aromatic rings. The molecule has 2 rings (SSSR count). The zero-order valence-corrected chi connectivity index (χ0v) is 9.37. The van der Waals surface area contributed by atoms with Crippen molar-refractivity contribution >= 4 is 11.5 Å². The molecule has 6 heteroatoms. The highest BCUT2D eigenvalue weighted by Gasteiger charge is 2.15. The lowest BCUT2D eigenvalue weighted by Crippen LogP contribution is -2.11. The highest BCUT2D eigenvalue weighted by molar-refractivity contribution is 5.66. The van der Waals surface area contributed by atoms with E-state index < -0.39 is 11.6 Å². The van der Waals surface area contributed by atoms with E-state index in [2.05, 4.69) is 5.16 Å². The average Bonchev–Trinajstić information content (AvgIpc) is 2.68. The number of hydrogen-bond donors (Lipinski definition) is 1. The summed E-state index contributed by atoms with van der Waals surface area (Å²) in [4.78, 5) is 1.47. The minimum atomic E-state index is -0.943. The molecule has 0 saturated carbocycles. The molecule has 0 aliphatic heterocycles. The van der Waals surface area contributed by atoms with Gasteiger partial charge in [-0.25, -0.2) is 8.78 Å². The summed E-state index contributed by atoms with van der Waals surface area (Å²) in [6.45, 7) is 0. The smallest absolute Gasteiger partial charge is 0.182 e. The number of nitrogens with zero attached hydrogens (tertiary/aromatic N) is 2. The Hall–Kier alpha value is -2.11. The Morgan fingerprint density at radius 1 is 1.24 bits per heavy atom. The van der Waals surface area contributed by atoms with Gasteiger partial charge in [0.1, 0.15) is 0 Å². The molecule has 0 amide bonds. The van der Waals surface area contributed by atoms with Crippen LogP contribution in [0.5, 0.6) is 0 Å². The Balaban J connectivity index is 2.56. The van der Waals surface area contributed by atoms with E-state index in [4.69, 9.17) is 10.3 Å². The molecule has 1 heterocycles. The van der Waals surface area contributed by atoms with E-state index in [9.17, 15) is 8.78 Å². The summed E-state index contributed by atoms with van der Waals surface area (Å²) >= 11 is 0. The van der Waals surface area contributed by atoms with Crippen molar-refractivity contribution in [2.45, 2.75) is 0 Å². The van der Waals surface area contributed by atoms with Gasteiger partial charge in [-0.15, -0.1) is 0 Å². The van der Waals surface area contributed by atoms with Gasteiger partial charge in [0.2, 0.25) is 0 Å². The number of halogens is 2. The first kappa shape index (κ1) is 11.4. The fraction of sp³-hybridized carbons (Fsp3) is 0.182. The fourth-order valence-corrected chi connectivity index (χ4v) is 1.47. The quantitative estimate of drug-likeness (QED) is 0.873. The summed E-state index contributed by atoms with van der Waals surface area (Å²) in [7, 11) is 3.24. The number of aromatic nitrogens is 1. The van der Waals surface area contributed by atoms with Crippen LogP contribution in [0.2, 0.25) is 0 Å². The Labute approximate surface area is 96.6 Å². The lowest BCUT2D eigenvalue weighted by Gasteiger charge is -2.14. The highest BCUT2D eigenvalue weighted by Crippen LogP contribution is 2.29. The van der Waals surface area contributed by atoms with E-state index in [1.807, 2.05) is 0 Å². The first-order valence-corrected chi connectivity index (χ1v) is 4.88. The van der Waals surface area contributed by atoms with Gasteiger partial charge in [0.15, 0.2) is 23.2 Å². The number of nitrogen functional groups attached to an aromatic ring is 1. The summed E-state index contributed by atoms with van der Waals surface area (Å²) in [5.74, 6) is -1.35. The number of anilines is 2. The summed E-state index contributed by atoms with van der Waals surface area (Å²) < 4.78 is 31.8. The minimum absolute atomic E-state index is 0.134. The second kappa shape index (κ2) is 4.04. The van der Waals surface area contributed by atoms with Crippen LogP contribution in [-0.2, 0) is 0 Å². The topological polar surface area (TPSA) is 55.3 Å². The minimum Gasteiger partial charge on any atom is -0.381 e. The molecule has 2 N–H and O–H groups in total. The van der Waals surface area contributed by atoms with Crippen LogP contribution < -0.4 is 10.6 Å². The number of rotatable bonds is 2. The van der Waals surface area contributed by atoms with Gasteiger partial charge in [0, 0.05) is 25.7 Å². The predicted octanol–water partition coefficient (Wildman–Crippen LogP) is 2.27. The van der Waals surface area contributed by atoms with Crippen LogP contribution in [0.3, 0.4) is 0 Å². The first-order chi connectivity index (χ1) is 7.99. The summed E-state index contributed by atoms with van der Waals surface area (Å²) in [5, 5.41) is 3.49. The molecule has 0 unspecified atom stereocenters. The van der Waals surface area contributed by atoms with Crippen LogP contribution in [0.15, 0.2) is 22.7 Å². The number of benzene rings is 1. The van der Waals surface area contributed by atoms with Crippen molar-refractivity contribution in [2.24, 2.45) is 0 Å². The summed E-state index contributed by atoms with van der Waals surface area (Å²) in [5.41, 5.74) is 5.92. The zero-order valence-electron chi connectivity index (χ0n) is 9.37. The molecule has 0 bridgehead atoms. The second-order valence-corrected chi connectivity index (χ2v) is 3.80. The molecule has 0 saturated heterocycles. The average molecular weight is 239 g/mol. The molecule has 0 aliphatic rings. The van der Waals surface area contributed by atoms with E-state index in [-0.39, 0.29) is 11.5 Å². The SMILES string of the molecule is CN(C)c1cc(-c2cc(N)no2)cc(F)c1F. The van der Waals surface area contributed by atoms with Crippen molar-refractivity contribution < 1.29 is 13.3 Å². The summed E-state index contributed by atoms with van der Waals surface area (Å²) in [6, 6.07) is 3.97. The normalized spacial score (nSPS) is 10.6. The summed E-state index contributed by atoms with van der Waals surface area (Å²) in [6.07, 6.45) is 0. The molecule has 0 radical (unpaired) electrons. The monoisotopic (exact) mass is 239 g/mol. The molecule has 0 aliphatic carbocycles. The van der Waals surface area contributed by atoms with E-state index >= 15 is 0 Å². The van der Waals surface area contributed by atoms with Crippen molar-refractivity contribution in [3.63, 3.8) is 0 Å². The lowest BCUT2D eigenvalue weighted by molar-refractivity contribution is 0.435. The fourth-order valence-electron chi connectivity index (χ4n) is 1.47. The molecule has 0 spiro atoms. The molecule has 1 aromatic carbocycles. The maximum Gasteiger partial charge on any atom is 0.182 e. The van der Waals surface area contributed by atoms with Crippen molar-refractivity contribution in [1.82, 2.24) is 5.16 Å². The molecular weight excluding hydrogens is 228 g/mol. The predicted molar refractivity (Wildman–Crippen MR) is 60.6 cm³/mol. The number of nitrogens with two attached hydrogens (primary N) is 1. The van der Waals surface area contributed by atoms with Crippen LogP contribution in [-0.4, -0.2) is 19.3 Å².